The second-order valence-electron chi connectivity index (χ2n) is 5.82. The third kappa shape index (κ3) is 2.65. The second-order valence-corrected chi connectivity index (χ2v) is 5.82. The highest BCUT2D eigenvalue weighted by atomic mass is 16.1. The molecule has 0 radical (unpaired) electrons. The van der Waals surface area contributed by atoms with Crippen molar-refractivity contribution in [2.45, 2.75) is 13.0 Å². The van der Waals surface area contributed by atoms with E-state index in [0.29, 0.717) is 12.1 Å². The van der Waals surface area contributed by atoms with Gasteiger partial charge in [0.05, 0.1) is 17.3 Å². The van der Waals surface area contributed by atoms with Gasteiger partial charge in [-0.1, -0.05) is 30.3 Å². The minimum absolute atomic E-state index is 0.0674. The molecule has 0 atom stereocenters. The number of carbonyl (C=O) groups is 1. The fraction of sp³-hybridized carbons (Fsp3) is 0.158. The highest BCUT2D eigenvalue weighted by molar-refractivity contribution is 6.05. The highest BCUT2D eigenvalue weighted by Crippen LogP contribution is 2.16. The molecule has 0 fully saturated rings. The fourth-order valence-electron chi connectivity index (χ4n) is 3.04. The second kappa shape index (κ2) is 6.20. The molecule has 120 valence electrons. The summed E-state index contributed by atoms with van der Waals surface area (Å²) >= 11 is 0. The number of nitrogens with one attached hydrogen (secondary N) is 2. The Hall–Kier alpha value is -3.08. The normalized spacial score (nSPS) is 11.2. The topological polar surface area (TPSA) is 62.7 Å². The molecule has 5 nitrogen and oxygen atoms in total. The maximum atomic E-state index is 12.4. The van der Waals surface area contributed by atoms with Crippen LogP contribution in [-0.4, -0.2) is 27.2 Å². The van der Waals surface area contributed by atoms with Crippen molar-refractivity contribution in [3.63, 3.8) is 0 Å². The summed E-state index contributed by atoms with van der Waals surface area (Å²) in [5.41, 5.74) is 2.65. The molecule has 4 aromatic rings. The number of amides is 1. The van der Waals surface area contributed by atoms with Crippen LogP contribution >= 0.6 is 0 Å². The summed E-state index contributed by atoms with van der Waals surface area (Å²) in [6.45, 7) is 1.51. The number of H-pyrrole nitrogens is 1. The summed E-state index contributed by atoms with van der Waals surface area (Å²) in [5.74, 6) is -0.0674. The van der Waals surface area contributed by atoms with E-state index in [-0.39, 0.29) is 5.91 Å². The Morgan fingerprint density at radius 2 is 1.96 bits per heavy atom. The Bertz CT molecular complexity index is 999. The number of benzene rings is 2. The molecule has 0 saturated carbocycles. The van der Waals surface area contributed by atoms with E-state index in [4.69, 9.17) is 0 Å². The molecule has 0 unspecified atom stereocenters. The molecule has 4 rings (SSSR count). The van der Waals surface area contributed by atoms with E-state index in [0.717, 1.165) is 23.9 Å². The molecule has 0 saturated heterocycles. The zero-order valence-electron chi connectivity index (χ0n) is 13.2. The number of aromatic amines is 1. The fourth-order valence-corrected chi connectivity index (χ4v) is 3.04. The van der Waals surface area contributed by atoms with Gasteiger partial charge >= 0.3 is 0 Å². The largest absolute Gasteiger partial charge is 0.352 e. The van der Waals surface area contributed by atoms with Crippen molar-refractivity contribution < 1.29 is 4.79 Å². The van der Waals surface area contributed by atoms with Crippen LogP contribution in [0, 0.1) is 0 Å². The first-order chi connectivity index (χ1) is 11.8. The molecule has 24 heavy (non-hydrogen) atoms. The Labute approximate surface area is 139 Å². The van der Waals surface area contributed by atoms with Crippen molar-refractivity contribution in [3.8, 4) is 0 Å². The van der Waals surface area contributed by atoms with Crippen LogP contribution in [-0.2, 0) is 6.54 Å². The zero-order chi connectivity index (χ0) is 16.4. The first-order valence-electron chi connectivity index (χ1n) is 8.07. The molecule has 0 aliphatic heterocycles. The number of rotatable bonds is 5. The van der Waals surface area contributed by atoms with Crippen molar-refractivity contribution in [2.75, 3.05) is 6.54 Å². The van der Waals surface area contributed by atoms with Crippen molar-refractivity contribution in [3.05, 3.63) is 66.5 Å². The average Bonchev–Trinajstić information content (AvgIpc) is 3.25. The van der Waals surface area contributed by atoms with Gasteiger partial charge in [0.25, 0.3) is 5.91 Å². The first kappa shape index (κ1) is 14.5. The zero-order valence-corrected chi connectivity index (χ0v) is 13.2. The molecule has 0 bridgehead atoms. The third-order valence-corrected chi connectivity index (χ3v) is 4.26. The van der Waals surface area contributed by atoms with E-state index in [1.807, 2.05) is 30.3 Å². The van der Waals surface area contributed by atoms with Gasteiger partial charge in [-0.15, -0.1) is 0 Å². The highest BCUT2D eigenvalue weighted by Gasteiger charge is 2.10. The summed E-state index contributed by atoms with van der Waals surface area (Å²) in [6, 6.07) is 16.1. The SMILES string of the molecule is O=C(NCCCn1ccc2ccccc21)c1cccc2cn[nH]c12. The lowest BCUT2D eigenvalue weighted by Gasteiger charge is -2.08. The minimum atomic E-state index is -0.0674. The van der Waals surface area contributed by atoms with Crippen LogP contribution in [0.3, 0.4) is 0 Å². The lowest BCUT2D eigenvalue weighted by Crippen LogP contribution is -2.25. The van der Waals surface area contributed by atoms with Crippen molar-refractivity contribution in [2.24, 2.45) is 0 Å². The summed E-state index contributed by atoms with van der Waals surface area (Å²) in [4.78, 5) is 12.4. The Morgan fingerprint density at radius 1 is 1.08 bits per heavy atom. The van der Waals surface area contributed by atoms with Crippen LogP contribution in [0.5, 0.6) is 0 Å². The van der Waals surface area contributed by atoms with Crippen molar-refractivity contribution >= 4 is 27.7 Å². The van der Waals surface area contributed by atoms with Crippen LogP contribution in [0.15, 0.2) is 60.9 Å². The van der Waals surface area contributed by atoms with E-state index < -0.39 is 0 Å². The number of aryl methyl sites for hydroxylation is 1. The molecule has 1 amide bonds. The smallest absolute Gasteiger partial charge is 0.253 e. The molecule has 2 aromatic carbocycles. The maximum absolute atomic E-state index is 12.4. The van der Waals surface area contributed by atoms with E-state index in [2.05, 4.69) is 44.5 Å². The van der Waals surface area contributed by atoms with Gasteiger partial charge in [0, 0.05) is 30.2 Å². The molecular weight excluding hydrogens is 300 g/mol. The molecule has 5 heteroatoms. The van der Waals surface area contributed by atoms with Crippen molar-refractivity contribution in [1.82, 2.24) is 20.1 Å². The van der Waals surface area contributed by atoms with Gasteiger partial charge in [-0.25, -0.2) is 0 Å². The first-order valence-corrected chi connectivity index (χ1v) is 8.07. The maximum Gasteiger partial charge on any atom is 0.253 e. The Morgan fingerprint density at radius 3 is 2.92 bits per heavy atom. The number of nitrogens with zero attached hydrogens (tertiary/aromatic N) is 2. The third-order valence-electron chi connectivity index (χ3n) is 4.26. The van der Waals surface area contributed by atoms with Gasteiger partial charge in [-0.3, -0.25) is 9.89 Å². The van der Waals surface area contributed by atoms with Crippen LogP contribution in [0.1, 0.15) is 16.8 Å². The summed E-state index contributed by atoms with van der Waals surface area (Å²) in [5, 5.41) is 12.1. The number of hydrogen-bond acceptors (Lipinski definition) is 2. The average molecular weight is 318 g/mol. The molecule has 0 spiro atoms. The van der Waals surface area contributed by atoms with Gasteiger partial charge in [0.2, 0.25) is 0 Å². The van der Waals surface area contributed by atoms with E-state index in [1.54, 1.807) is 6.20 Å². The summed E-state index contributed by atoms with van der Waals surface area (Å²) < 4.78 is 2.22. The number of para-hydroxylation sites is 2. The quantitative estimate of drug-likeness (QED) is 0.554. The molecule has 2 heterocycles. The molecule has 2 aromatic heterocycles. The van der Waals surface area contributed by atoms with Gasteiger partial charge in [0.1, 0.15) is 0 Å². The minimum Gasteiger partial charge on any atom is -0.352 e. The predicted octanol–water partition coefficient (Wildman–Crippen LogP) is 3.34. The van der Waals surface area contributed by atoms with Gasteiger partial charge in [-0.05, 0) is 30.0 Å². The van der Waals surface area contributed by atoms with E-state index in [1.165, 1.54) is 10.9 Å². The Balaban J connectivity index is 1.37. The van der Waals surface area contributed by atoms with Gasteiger partial charge < -0.3 is 9.88 Å². The number of hydrogen-bond donors (Lipinski definition) is 2. The lowest BCUT2D eigenvalue weighted by atomic mass is 10.1. The van der Waals surface area contributed by atoms with Crippen LogP contribution < -0.4 is 5.32 Å². The van der Waals surface area contributed by atoms with Gasteiger partial charge in [-0.2, -0.15) is 5.10 Å². The van der Waals surface area contributed by atoms with Gasteiger partial charge in [0.15, 0.2) is 0 Å². The number of carbonyl (C=O) groups excluding carboxylic acids is 1. The number of fused-ring (bicyclic) bond motifs is 2. The molecule has 2 N–H and O–H groups in total. The number of aromatic nitrogens is 3. The van der Waals surface area contributed by atoms with Crippen LogP contribution in [0.25, 0.3) is 21.8 Å². The van der Waals surface area contributed by atoms with E-state index in [9.17, 15) is 4.79 Å². The summed E-state index contributed by atoms with van der Waals surface area (Å²) in [6.07, 6.45) is 4.70. The van der Waals surface area contributed by atoms with Crippen LogP contribution in [0.2, 0.25) is 0 Å². The van der Waals surface area contributed by atoms with Crippen molar-refractivity contribution in [1.29, 1.82) is 0 Å². The predicted molar refractivity (Wildman–Crippen MR) is 95.0 cm³/mol. The molecular formula is C19H18N4O. The lowest BCUT2D eigenvalue weighted by molar-refractivity contribution is 0.0954. The monoisotopic (exact) mass is 318 g/mol. The molecule has 0 aliphatic carbocycles. The summed E-state index contributed by atoms with van der Waals surface area (Å²) in [7, 11) is 0. The van der Waals surface area contributed by atoms with Crippen LogP contribution in [0.4, 0.5) is 0 Å². The molecule has 0 aliphatic rings. The Kier molecular flexibility index (Phi) is 3.75. The van der Waals surface area contributed by atoms with E-state index >= 15 is 0 Å². The standard InChI is InChI=1S/C19H18N4O/c24-19(16-7-3-6-15-13-21-22-18(15)16)20-10-4-11-23-12-9-14-5-1-2-8-17(14)23/h1-3,5-9,12-13H,4,10-11H2,(H,20,24)(H,21,22).